The Morgan fingerprint density at radius 2 is 1.60 bits per heavy atom. The second kappa shape index (κ2) is 8.52. The Balaban J connectivity index is 1.46. The summed E-state index contributed by atoms with van der Waals surface area (Å²) in [4.78, 5) is 4.48. The van der Waals surface area contributed by atoms with Gasteiger partial charge in [-0.2, -0.15) is 0 Å². The van der Waals surface area contributed by atoms with Gasteiger partial charge in [0.25, 0.3) is 0 Å². The van der Waals surface area contributed by atoms with Gasteiger partial charge in [0.15, 0.2) is 5.76 Å². The van der Waals surface area contributed by atoms with E-state index >= 15 is 0 Å². The van der Waals surface area contributed by atoms with Gasteiger partial charge in [0.1, 0.15) is 5.75 Å². The molecule has 1 N–H and O–H groups in total. The van der Waals surface area contributed by atoms with Crippen molar-refractivity contribution >= 4 is 10.0 Å². The molecular weight excluding hydrogens is 400 g/mol. The third-order valence-electron chi connectivity index (χ3n) is 4.60. The monoisotopic (exact) mass is 420 g/mol. The first-order valence-corrected chi connectivity index (χ1v) is 10.8. The van der Waals surface area contributed by atoms with Gasteiger partial charge in [0, 0.05) is 17.7 Å². The molecule has 152 valence electrons. The summed E-state index contributed by atoms with van der Waals surface area (Å²) in [7, 11) is -2.06. The maximum atomic E-state index is 12.6. The summed E-state index contributed by atoms with van der Waals surface area (Å²) in [6.45, 7) is 0.189. The van der Waals surface area contributed by atoms with Crippen LogP contribution in [0.3, 0.4) is 0 Å². The molecule has 1 heterocycles. The second-order valence-corrected chi connectivity index (χ2v) is 8.36. The second-order valence-electron chi connectivity index (χ2n) is 6.59. The molecule has 0 amide bonds. The van der Waals surface area contributed by atoms with Crippen molar-refractivity contribution in [2.75, 3.05) is 7.11 Å². The number of hydrogen-bond donors (Lipinski definition) is 1. The van der Waals surface area contributed by atoms with Crippen LogP contribution in [-0.2, 0) is 16.6 Å². The lowest BCUT2D eigenvalue weighted by atomic mass is 10.2. The van der Waals surface area contributed by atoms with Gasteiger partial charge >= 0.3 is 0 Å². The zero-order valence-electron chi connectivity index (χ0n) is 16.3. The Bertz CT molecular complexity index is 1220. The Morgan fingerprint density at radius 1 is 0.900 bits per heavy atom. The van der Waals surface area contributed by atoms with Gasteiger partial charge in [-0.05, 0) is 42.0 Å². The fraction of sp³-hybridized carbons (Fsp3) is 0.0870. The molecule has 4 rings (SSSR count). The number of hydrogen-bond acceptors (Lipinski definition) is 5. The van der Waals surface area contributed by atoms with Gasteiger partial charge < -0.3 is 9.15 Å². The van der Waals surface area contributed by atoms with Crippen molar-refractivity contribution in [3.05, 3.63) is 90.6 Å². The Labute approximate surface area is 175 Å². The molecule has 30 heavy (non-hydrogen) atoms. The van der Waals surface area contributed by atoms with Crippen LogP contribution in [0.2, 0.25) is 0 Å². The molecule has 0 aliphatic carbocycles. The van der Waals surface area contributed by atoms with E-state index in [2.05, 4.69) is 9.71 Å². The lowest BCUT2D eigenvalue weighted by molar-refractivity contribution is 0.414. The van der Waals surface area contributed by atoms with Gasteiger partial charge in [-0.3, -0.25) is 0 Å². The van der Waals surface area contributed by atoms with Crippen molar-refractivity contribution in [1.82, 2.24) is 9.71 Å². The topological polar surface area (TPSA) is 81.4 Å². The molecule has 0 aliphatic heterocycles. The van der Waals surface area contributed by atoms with Gasteiger partial charge in [-0.25, -0.2) is 18.1 Å². The van der Waals surface area contributed by atoms with Gasteiger partial charge in [-0.15, -0.1) is 0 Å². The Kier molecular flexibility index (Phi) is 5.65. The molecule has 6 nitrogen and oxygen atoms in total. The van der Waals surface area contributed by atoms with E-state index in [1.807, 2.05) is 42.5 Å². The molecule has 0 saturated heterocycles. The van der Waals surface area contributed by atoms with Crippen LogP contribution >= 0.6 is 0 Å². The first kappa shape index (κ1) is 19.9. The Hall–Kier alpha value is -3.42. The minimum Gasteiger partial charge on any atom is -0.497 e. The predicted octanol–water partition coefficient (Wildman–Crippen LogP) is 4.50. The average Bonchev–Trinajstić information content (AvgIpc) is 3.29. The molecule has 7 heteroatoms. The number of sulfonamides is 1. The Morgan fingerprint density at radius 3 is 2.27 bits per heavy atom. The SMILES string of the molecule is COc1ccc(CNS(=O)(=O)c2ccc(-c3ncc(-c4ccccc4)o3)cc2)cc1. The first-order chi connectivity index (χ1) is 14.5. The number of nitrogens with zero attached hydrogens (tertiary/aromatic N) is 1. The van der Waals surface area contributed by atoms with E-state index in [0.717, 1.165) is 16.9 Å². The summed E-state index contributed by atoms with van der Waals surface area (Å²) >= 11 is 0. The van der Waals surface area contributed by atoms with Crippen LogP contribution in [0.4, 0.5) is 0 Å². The highest BCUT2D eigenvalue weighted by molar-refractivity contribution is 7.89. The zero-order chi connectivity index (χ0) is 21.0. The van der Waals surface area contributed by atoms with Crippen LogP contribution in [0.5, 0.6) is 5.75 Å². The maximum Gasteiger partial charge on any atom is 0.240 e. The summed E-state index contributed by atoms with van der Waals surface area (Å²) in [5.74, 6) is 1.81. The zero-order valence-corrected chi connectivity index (χ0v) is 17.1. The smallest absolute Gasteiger partial charge is 0.240 e. The largest absolute Gasteiger partial charge is 0.497 e. The molecule has 0 spiro atoms. The van der Waals surface area contributed by atoms with Crippen molar-refractivity contribution in [3.63, 3.8) is 0 Å². The summed E-state index contributed by atoms with van der Waals surface area (Å²) in [5.41, 5.74) is 2.47. The number of benzene rings is 3. The molecular formula is C23H20N2O4S. The van der Waals surface area contributed by atoms with Crippen molar-refractivity contribution in [2.24, 2.45) is 0 Å². The number of nitrogens with one attached hydrogen (secondary N) is 1. The van der Waals surface area contributed by atoms with Crippen LogP contribution in [-0.4, -0.2) is 20.5 Å². The van der Waals surface area contributed by atoms with Crippen LogP contribution in [0, 0.1) is 0 Å². The minimum atomic E-state index is -3.64. The number of ether oxygens (including phenoxy) is 1. The third kappa shape index (κ3) is 4.42. The lowest BCUT2D eigenvalue weighted by Crippen LogP contribution is -2.23. The summed E-state index contributed by atoms with van der Waals surface area (Å²) < 4.78 is 38.7. The van der Waals surface area contributed by atoms with E-state index in [9.17, 15) is 8.42 Å². The molecule has 3 aromatic carbocycles. The average molecular weight is 420 g/mol. The quantitative estimate of drug-likeness (QED) is 0.476. The molecule has 4 aromatic rings. The van der Waals surface area contributed by atoms with Crippen molar-refractivity contribution in [3.8, 4) is 28.5 Å². The highest BCUT2D eigenvalue weighted by atomic mass is 32.2. The van der Waals surface area contributed by atoms with Crippen molar-refractivity contribution < 1.29 is 17.6 Å². The van der Waals surface area contributed by atoms with Gasteiger partial charge in [0.2, 0.25) is 15.9 Å². The van der Waals surface area contributed by atoms with Crippen LogP contribution in [0.15, 0.2) is 94.4 Å². The molecule has 0 saturated carbocycles. The third-order valence-corrected chi connectivity index (χ3v) is 6.02. The van der Waals surface area contributed by atoms with Crippen LogP contribution in [0.25, 0.3) is 22.8 Å². The van der Waals surface area contributed by atoms with E-state index in [-0.39, 0.29) is 11.4 Å². The molecule has 0 unspecified atom stereocenters. The van der Waals surface area contributed by atoms with E-state index in [4.69, 9.17) is 9.15 Å². The number of rotatable bonds is 7. The van der Waals surface area contributed by atoms with E-state index < -0.39 is 10.0 Å². The normalized spacial score (nSPS) is 11.4. The molecule has 0 atom stereocenters. The minimum absolute atomic E-state index is 0.176. The predicted molar refractivity (Wildman–Crippen MR) is 114 cm³/mol. The molecule has 0 fully saturated rings. The summed E-state index contributed by atoms with van der Waals surface area (Å²) in [5, 5.41) is 0. The number of aromatic nitrogens is 1. The lowest BCUT2D eigenvalue weighted by Gasteiger charge is -2.08. The molecule has 0 aliphatic rings. The molecule has 0 radical (unpaired) electrons. The van der Waals surface area contributed by atoms with Crippen molar-refractivity contribution in [1.29, 1.82) is 0 Å². The summed E-state index contributed by atoms with van der Waals surface area (Å²) in [6.07, 6.45) is 1.66. The fourth-order valence-corrected chi connectivity index (χ4v) is 3.94. The van der Waals surface area contributed by atoms with Crippen LogP contribution in [0.1, 0.15) is 5.56 Å². The summed E-state index contributed by atoms with van der Waals surface area (Å²) in [6, 6.07) is 23.3. The maximum absolute atomic E-state index is 12.6. The van der Waals surface area contributed by atoms with Gasteiger partial charge in [-0.1, -0.05) is 42.5 Å². The fourth-order valence-electron chi connectivity index (χ4n) is 2.93. The van der Waals surface area contributed by atoms with E-state index in [1.54, 1.807) is 37.6 Å². The van der Waals surface area contributed by atoms with E-state index in [1.165, 1.54) is 12.1 Å². The number of methoxy groups -OCH3 is 1. The number of oxazole rings is 1. The highest BCUT2D eigenvalue weighted by Gasteiger charge is 2.15. The standard InChI is InChI=1S/C23H20N2O4S/c1-28-20-11-7-17(8-12-20)15-25-30(26,27)21-13-9-19(10-14-21)23-24-16-22(29-23)18-5-3-2-4-6-18/h2-14,16,25H,15H2,1H3. The van der Waals surface area contributed by atoms with Gasteiger partial charge in [0.05, 0.1) is 18.2 Å². The van der Waals surface area contributed by atoms with Crippen molar-refractivity contribution in [2.45, 2.75) is 11.4 Å². The van der Waals surface area contributed by atoms with E-state index in [0.29, 0.717) is 17.2 Å². The molecule has 1 aromatic heterocycles. The highest BCUT2D eigenvalue weighted by Crippen LogP contribution is 2.26. The molecule has 0 bridgehead atoms. The first-order valence-electron chi connectivity index (χ1n) is 9.29. The van der Waals surface area contributed by atoms with Crippen LogP contribution < -0.4 is 9.46 Å².